The van der Waals surface area contributed by atoms with Gasteiger partial charge in [0.25, 0.3) is 0 Å². The number of aromatic nitrogens is 1. The van der Waals surface area contributed by atoms with Gasteiger partial charge in [-0.05, 0) is 43.6 Å². The average molecular weight is 277 g/mol. The van der Waals surface area contributed by atoms with E-state index in [1.54, 1.807) is 0 Å². The molecule has 2 unspecified atom stereocenters. The molecule has 0 aliphatic carbocycles. The van der Waals surface area contributed by atoms with Gasteiger partial charge in [-0.25, -0.2) is 4.98 Å². The molecule has 1 aromatic rings. The Bertz CT molecular complexity index is 418. The van der Waals surface area contributed by atoms with Gasteiger partial charge in [0.05, 0.1) is 5.69 Å². The third-order valence-electron chi connectivity index (χ3n) is 4.14. The predicted molar refractivity (Wildman–Crippen MR) is 84.2 cm³/mol. The Morgan fingerprint density at radius 3 is 2.95 bits per heavy atom. The largest absolute Gasteiger partial charge is 0.378 e. The van der Waals surface area contributed by atoms with E-state index in [9.17, 15) is 0 Å². The molecule has 3 nitrogen and oxygen atoms in total. The van der Waals surface area contributed by atoms with Gasteiger partial charge in [-0.2, -0.15) is 11.8 Å². The summed E-state index contributed by atoms with van der Waals surface area (Å²) in [6, 6.07) is 4.82. The SMILES string of the molecule is CC1SCCCC1Nc1cccnc1N1CCCC1. The van der Waals surface area contributed by atoms with Gasteiger partial charge in [0.2, 0.25) is 0 Å². The van der Waals surface area contributed by atoms with Crippen molar-refractivity contribution >= 4 is 23.3 Å². The lowest BCUT2D eigenvalue weighted by atomic mass is 10.1. The minimum Gasteiger partial charge on any atom is -0.378 e. The molecule has 1 aromatic heterocycles. The van der Waals surface area contributed by atoms with Crippen molar-refractivity contribution in [2.45, 2.75) is 43.9 Å². The van der Waals surface area contributed by atoms with Crippen LogP contribution in [-0.4, -0.2) is 35.1 Å². The van der Waals surface area contributed by atoms with Gasteiger partial charge in [-0.3, -0.25) is 0 Å². The first-order valence-electron chi connectivity index (χ1n) is 7.43. The van der Waals surface area contributed by atoms with Crippen LogP contribution in [0.1, 0.15) is 32.6 Å². The Kier molecular flexibility index (Phi) is 4.16. The molecule has 19 heavy (non-hydrogen) atoms. The molecule has 0 aromatic carbocycles. The Morgan fingerprint density at radius 2 is 2.16 bits per heavy atom. The van der Waals surface area contributed by atoms with E-state index in [4.69, 9.17) is 0 Å². The normalized spacial score (nSPS) is 27.5. The Labute approximate surface area is 120 Å². The fourth-order valence-corrected chi connectivity index (χ4v) is 4.14. The summed E-state index contributed by atoms with van der Waals surface area (Å²) in [5.74, 6) is 2.47. The second kappa shape index (κ2) is 6.04. The minimum absolute atomic E-state index is 0.587. The lowest BCUT2D eigenvalue weighted by Crippen LogP contribution is -2.33. The zero-order valence-corrected chi connectivity index (χ0v) is 12.5. The molecule has 3 rings (SSSR count). The number of pyridine rings is 1. The summed E-state index contributed by atoms with van der Waals surface area (Å²) in [5.41, 5.74) is 1.23. The van der Waals surface area contributed by atoms with Gasteiger partial charge in [-0.1, -0.05) is 6.92 Å². The summed E-state index contributed by atoms with van der Waals surface area (Å²) in [5, 5.41) is 4.45. The quantitative estimate of drug-likeness (QED) is 0.917. The van der Waals surface area contributed by atoms with Gasteiger partial charge < -0.3 is 10.2 Å². The summed E-state index contributed by atoms with van der Waals surface area (Å²) in [6.45, 7) is 4.65. The lowest BCUT2D eigenvalue weighted by molar-refractivity contribution is 0.617. The van der Waals surface area contributed by atoms with Crippen LogP contribution in [0, 0.1) is 0 Å². The van der Waals surface area contributed by atoms with Crippen molar-refractivity contribution in [1.82, 2.24) is 4.98 Å². The molecule has 4 heteroatoms. The number of rotatable bonds is 3. The monoisotopic (exact) mass is 277 g/mol. The molecule has 0 amide bonds. The summed E-state index contributed by atoms with van der Waals surface area (Å²) >= 11 is 2.09. The molecular formula is C15H23N3S. The number of thioether (sulfide) groups is 1. The summed E-state index contributed by atoms with van der Waals surface area (Å²) in [4.78, 5) is 7.03. The highest BCUT2D eigenvalue weighted by molar-refractivity contribution is 8.00. The zero-order valence-electron chi connectivity index (χ0n) is 11.6. The third kappa shape index (κ3) is 2.99. The molecule has 0 saturated carbocycles. The number of nitrogens with one attached hydrogen (secondary N) is 1. The highest BCUT2D eigenvalue weighted by Crippen LogP contribution is 2.31. The molecule has 104 valence electrons. The predicted octanol–water partition coefficient (Wildman–Crippen LogP) is 3.38. The van der Waals surface area contributed by atoms with Crippen LogP contribution in [0.3, 0.4) is 0 Å². The molecule has 0 bridgehead atoms. The topological polar surface area (TPSA) is 28.2 Å². The summed E-state index contributed by atoms with van der Waals surface area (Å²) < 4.78 is 0. The smallest absolute Gasteiger partial charge is 0.151 e. The van der Waals surface area contributed by atoms with E-state index >= 15 is 0 Å². The van der Waals surface area contributed by atoms with Crippen LogP contribution in [0.2, 0.25) is 0 Å². The van der Waals surface area contributed by atoms with Crippen molar-refractivity contribution < 1.29 is 0 Å². The summed E-state index contributed by atoms with van der Waals surface area (Å²) in [6.07, 6.45) is 7.11. The van der Waals surface area contributed by atoms with E-state index in [0.29, 0.717) is 11.3 Å². The standard InChI is InChI=1S/C15H23N3S/c1-12-13(7-5-11-19-12)17-14-6-4-8-16-15(14)18-9-2-3-10-18/h4,6,8,12-13,17H,2-3,5,7,9-11H2,1H3. The van der Waals surface area contributed by atoms with E-state index in [-0.39, 0.29) is 0 Å². The number of hydrogen-bond donors (Lipinski definition) is 1. The average Bonchev–Trinajstić information content (AvgIpc) is 2.96. The maximum Gasteiger partial charge on any atom is 0.151 e. The van der Waals surface area contributed by atoms with Crippen molar-refractivity contribution in [2.75, 3.05) is 29.1 Å². The van der Waals surface area contributed by atoms with E-state index in [1.165, 1.54) is 37.1 Å². The Balaban J connectivity index is 1.76. The summed E-state index contributed by atoms with van der Waals surface area (Å²) in [7, 11) is 0. The van der Waals surface area contributed by atoms with Gasteiger partial charge in [0.1, 0.15) is 0 Å². The Morgan fingerprint density at radius 1 is 1.32 bits per heavy atom. The van der Waals surface area contributed by atoms with Crippen molar-refractivity contribution in [3.63, 3.8) is 0 Å². The van der Waals surface area contributed by atoms with Gasteiger partial charge in [-0.15, -0.1) is 0 Å². The van der Waals surface area contributed by atoms with Gasteiger partial charge in [0.15, 0.2) is 5.82 Å². The number of hydrogen-bond acceptors (Lipinski definition) is 4. The molecule has 1 N–H and O–H groups in total. The molecule has 2 fully saturated rings. The molecular weight excluding hydrogens is 254 g/mol. The molecule has 2 aliphatic heterocycles. The van der Waals surface area contributed by atoms with Crippen molar-refractivity contribution in [3.8, 4) is 0 Å². The maximum atomic E-state index is 4.61. The van der Waals surface area contributed by atoms with Crippen LogP contribution in [-0.2, 0) is 0 Å². The minimum atomic E-state index is 0.587. The van der Waals surface area contributed by atoms with E-state index < -0.39 is 0 Å². The molecule has 0 radical (unpaired) electrons. The fraction of sp³-hybridized carbons (Fsp3) is 0.667. The fourth-order valence-electron chi connectivity index (χ4n) is 3.00. The van der Waals surface area contributed by atoms with Crippen molar-refractivity contribution in [1.29, 1.82) is 0 Å². The van der Waals surface area contributed by atoms with E-state index in [0.717, 1.165) is 18.9 Å². The number of nitrogens with zero attached hydrogens (tertiary/aromatic N) is 2. The highest BCUT2D eigenvalue weighted by Gasteiger charge is 2.24. The second-order valence-electron chi connectivity index (χ2n) is 5.54. The molecule has 2 aliphatic rings. The molecule has 0 spiro atoms. The maximum absolute atomic E-state index is 4.61. The van der Waals surface area contributed by atoms with Crippen LogP contribution in [0.5, 0.6) is 0 Å². The first kappa shape index (κ1) is 13.1. The van der Waals surface area contributed by atoms with Gasteiger partial charge in [0, 0.05) is 30.6 Å². The van der Waals surface area contributed by atoms with Gasteiger partial charge >= 0.3 is 0 Å². The Hall–Kier alpha value is -0.900. The number of anilines is 2. The highest BCUT2D eigenvalue weighted by atomic mass is 32.2. The van der Waals surface area contributed by atoms with E-state index in [1.807, 2.05) is 12.3 Å². The van der Waals surface area contributed by atoms with Crippen LogP contribution >= 0.6 is 11.8 Å². The zero-order chi connectivity index (χ0) is 13.1. The van der Waals surface area contributed by atoms with Crippen LogP contribution in [0.25, 0.3) is 0 Å². The van der Waals surface area contributed by atoms with Crippen molar-refractivity contribution in [3.05, 3.63) is 18.3 Å². The van der Waals surface area contributed by atoms with Crippen LogP contribution < -0.4 is 10.2 Å². The molecule has 2 atom stereocenters. The second-order valence-corrected chi connectivity index (χ2v) is 7.02. The molecule has 3 heterocycles. The van der Waals surface area contributed by atoms with Crippen LogP contribution in [0.4, 0.5) is 11.5 Å². The van der Waals surface area contributed by atoms with Crippen molar-refractivity contribution in [2.24, 2.45) is 0 Å². The lowest BCUT2D eigenvalue weighted by Gasteiger charge is -2.31. The molecule has 2 saturated heterocycles. The van der Waals surface area contributed by atoms with E-state index in [2.05, 4.69) is 40.0 Å². The first-order valence-corrected chi connectivity index (χ1v) is 8.47. The third-order valence-corrected chi connectivity index (χ3v) is 5.52. The first-order chi connectivity index (χ1) is 9.34. The van der Waals surface area contributed by atoms with Crippen LogP contribution in [0.15, 0.2) is 18.3 Å².